The van der Waals surface area contributed by atoms with Crippen LogP contribution in [0.15, 0.2) is 48.5 Å². The molecule has 0 aromatic heterocycles. The van der Waals surface area contributed by atoms with Gasteiger partial charge in [0.15, 0.2) is 0 Å². The summed E-state index contributed by atoms with van der Waals surface area (Å²) in [7, 11) is 1.69. The minimum Gasteiger partial charge on any atom is -0.335 e. The molecular formula is C17H18FNO. The van der Waals surface area contributed by atoms with Crippen LogP contribution in [0.3, 0.4) is 0 Å². The van der Waals surface area contributed by atoms with Gasteiger partial charge in [-0.3, -0.25) is 4.79 Å². The van der Waals surface area contributed by atoms with Crippen LogP contribution in [0.5, 0.6) is 0 Å². The van der Waals surface area contributed by atoms with Gasteiger partial charge in [-0.05, 0) is 37.1 Å². The van der Waals surface area contributed by atoms with Gasteiger partial charge >= 0.3 is 0 Å². The summed E-state index contributed by atoms with van der Waals surface area (Å²) in [5.41, 5.74) is 1.94. The van der Waals surface area contributed by atoms with Crippen molar-refractivity contribution in [1.82, 2.24) is 4.90 Å². The Hall–Kier alpha value is -2.16. The number of hydrogen-bond acceptors (Lipinski definition) is 1. The number of rotatable bonds is 3. The summed E-state index contributed by atoms with van der Waals surface area (Å²) in [6, 6.07) is 14.3. The van der Waals surface area contributed by atoms with E-state index < -0.39 is 5.82 Å². The Morgan fingerprint density at radius 1 is 1.15 bits per heavy atom. The number of benzene rings is 2. The fraction of sp³-hybridized carbons (Fsp3) is 0.235. The average Bonchev–Trinajstić information content (AvgIpc) is 2.46. The van der Waals surface area contributed by atoms with Crippen molar-refractivity contribution in [2.45, 2.75) is 19.9 Å². The van der Waals surface area contributed by atoms with Gasteiger partial charge in [-0.2, -0.15) is 0 Å². The van der Waals surface area contributed by atoms with Crippen molar-refractivity contribution in [3.8, 4) is 0 Å². The molecule has 1 atom stereocenters. The summed E-state index contributed by atoms with van der Waals surface area (Å²) in [5.74, 6) is -0.777. The Bertz CT molecular complexity index is 610. The SMILES string of the molecule is Cc1ccc(C(=O)N(C)C(C)c2ccccc2)c(F)c1. The molecule has 0 bridgehead atoms. The Labute approximate surface area is 118 Å². The van der Waals surface area contributed by atoms with Crippen molar-refractivity contribution >= 4 is 5.91 Å². The van der Waals surface area contributed by atoms with Crippen molar-refractivity contribution in [3.63, 3.8) is 0 Å². The maximum Gasteiger partial charge on any atom is 0.257 e. The molecule has 2 aromatic carbocycles. The molecule has 1 amide bonds. The summed E-state index contributed by atoms with van der Waals surface area (Å²) in [5, 5.41) is 0. The van der Waals surface area contributed by atoms with E-state index in [1.54, 1.807) is 31.0 Å². The van der Waals surface area contributed by atoms with Gasteiger partial charge in [0.1, 0.15) is 5.82 Å². The minimum absolute atomic E-state index is 0.107. The fourth-order valence-electron chi connectivity index (χ4n) is 2.11. The van der Waals surface area contributed by atoms with Gasteiger partial charge in [-0.15, -0.1) is 0 Å². The molecule has 0 radical (unpaired) electrons. The quantitative estimate of drug-likeness (QED) is 0.827. The highest BCUT2D eigenvalue weighted by Gasteiger charge is 2.21. The Balaban J connectivity index is 2.24. The van der Waals surface area contributed by atoms with Crippen molar-refractivity contribution < 1.29 is 9.18 Å². The van der Waals surface area contributed by atoms with Crippen molar-refractivity contribution in [2.75, 3.05) is 7.05 Å². The molecule has 2 aromatic rings. The van der Waals surface area contributed by atoms with Gasteiger partial charge in [0.2, 0.25) is 0 Å². The molecule has 0 aliphatic rings. The van der Waals surface area contributed by atoms with Gasteiger partial charge in [0.25, 0.3) is 5.91 Å². The van der Waals surface area contributed by atoms with E-state index in [0.29, 0.717) is 0 Å². The van der Waals surface area contributed by atoms with E-state index in [9.17, 15) is 9.18 Å². The zero-order valence-corrected chi connectivity index (χ0v) is 11.9. The molecule has 0 spiro atoms. The van der Waals surface area contributed by atoms with E-state index in [-0.39, 0.29) is 17.5 Å². The highest BCUT2D eigenvalue weighted by Crippen LogP contribution is 2.21. The topological polar surface area (TPSA) is 20.3 Å². The monoisotopic (exact) mass is 271 g/mol. The first-order valence-corrected chi connectivity index (χ1v) is 6.59. The number of nitrogens with zero attached hydrogens (tertiary/aromatic N) is 1. The Kier molecular flexibility index (Phi) is 4.18. The third-order valence-electron chi connectivity index (χ3n) is 3.54. The molecular weight excluding hydrogens is 253 g/mol. The molecule has 2 nitrogen and oxygen atoms in total. The van der Waals surface area contributed by atoms with Crippen LogP contribution < -0.4 is 0 Å². The van der Waals surface area contributed by atoms with Crippen molar-refractivity contribution in [2.24, 2.45) is 0 Å². The van der Waals surface area contributed by atoms with Crippen LogP contribution in [0, 0.1) is 12.7 Å². The summed E-state index contributed by atoms with van der Waals surface area (Å²) in [4.78, 5) is 13.9. The third kappa shape index (κ3) is 2.87. The standard InChI is InChI=1S/C17H18FNO/c1-12-9-10-15(16(18)11-12)17(20)19(3)13(2)14-7-5-4-6-8-14/h4-11,13H,1-3H3. The zero-order chi connectivity index (χ0) is 14.7. The van der Waals surface area contributed by atoms with Crippen LogP contribution in [0.4, 0.5) is 4.39 Å². The second-order valence-electron chi connectivity index (χ2n) is 4.99. The van der Waals surface area contributed by atoms with Gasteiger partial charge in [0, 0.05) is 7.05 Å². The van der Waals surface area contributed by atoms with Crippen LogP contribution in [0.2, 0.25) is 0 Å². The second kappa shape index (κ2) is 5.87. The maximum atomic E-state index is 13.9. The molecule has 1 unspecified atom stereocenters. The Morgan fingerprint density at radius 2 is 1.80 bits per heavy atom. The predicted molar refractivity (Wildman–Crippen MR) is 78.1 cm³/mol. The van der Waals surface area contributed by atoms with E-state index in [4.69, 9.17) is 0 Å². The van der Waals surface area contributed by atoms with Crippen molar-refractivity contribution in [1.29, 1.82) is 0 Å². The first kappa shape index (κ1) is 14.3. The molecule has 20 heavy (non-hydrogen) atoms. The minimum atomic E-state index is -0.470. The number of carbonyl (C=O) groups excluding carboxylic acids is 1. The molecule has 0 saturated heterocycles. The molecule has 0 aliphatic carbocycles. The van der Waals surface area contributed by atoms with E-state index in [1.807, 2.05) is 37.3 Å². The Morgan fingerprint density at radius 3 is 2.40 bits per heavy atom. The lowest BCUT2D eigenvalue weighted by Gasteiger charge is -2.25. The lowest BCUT2D eigenvalue weighted by molar-refractivity contribution is 0.0738. The van der Waals surface area contributed by atoms with Gasteiger partial charge in [-0.1, -0.05) is 36.4 Å². The highest BCUT2D eigenvalue weighted by atomic mass is 19.1. The highest BCUT2D eigenvalue weighted by molar-refractivity contribution is 5.94. The van der Waals surface area contributed by atoms with E-state index in [2.05, 4.69) is 0 Å². The number of aryl methyl sites for hydroxylation is 1. The first-order valence-electron chi connectivity index (χ1n) is 6.59. The lowest BCUT2D eigenvalue weighted by Crippen LogP contribution is -2.30. The van der Waals surface area contributed by atoms with Gasteiger partial charge in [-0.25, -0.2) is 4.39 Å². The maximum absolute atomic E-state index is 13.9. The molecule has 0 saturated carbocycles. The third-order valence-corrected chi connectivity index (χ3v) is 3.54. The molecule has 0 fully saturated rings. The van der Waals surface area contributed by atoms with Crippen molar-refractivity contribution in [3.05, 3.63) is 71.0 Å². The van der Waals surface area contributed by atoms with Crippen LogP contribution >= 0.6 is 0 Å². The number of halogens is 1. The predicted octanol–water partition coefficient (Wildman–Crippen LogP) is 3.97. The molecule has 0 N–H and O–H groups in total. The van der Waals surface area contributed by atoms with E-state index >= 15 is 0 Å². The summed E-state index contributed by atoms with van der Waals surface area (Å²) < 4.78 is 13.9. The molecule has 0 aliphatic heterocycles. The van der Waals surface area contributed by atoms with Crippen LogP contribution in [-0.4, -0.2) is 17.9 Å². The van der Waals surface area contributed by atoms with Crippen LogP contribution in [0.25, 0.3) is 0 Å². The molecule has 0 heterocycles. The normalized spacial score (nSPS) is 12.0. The summed E-state index contributed by atoms with van der Waals surface area (Å²) in [6.45, 7) is 3.73. The largest absolute Gasteiger partial charge is 0.335 e. The van der Waals surface area contributed by atoms with Gasteiger partial charge in [0.05, 0.1) is 11.6 Å². The average molecular weight is 271 g/mol. The summed E-state index contributed by atoms with van der Waals surface area (Å²) in [6.07, 6.45) is 0. The smallest absolute Gasteiger partial charge is 0.257 e. The number of carbonyl (C=O) groups is 1. The molecule has 2 rings (SSSR count). The number of hydrogen-bond donors (Lipinski definition) is 0. The first-order chi connectivity index (χ1) is 9.50. The number of amides is 1. The fourth-order valence-corrected chi connectivity index (χ4v) is 2.11. The molecule has 3 heteroatoms. The molecule has 104 valence electrons. The second-order valence-corrected chi connectivity index (χ2v) is 4.99. The lowest BCUT2D eigenvalue weighted by atomic mass is 10.1. The van der Waals surface area contributed by atoms with E-state index in [1.165, 1.54) is 6.07 Å². The van der Waals surface area contributed by atoms with E-state index in [0.717, 1.165) is 11.1 Å². The van der Waals surface area contributed by atoms with Crippen LogP contribution in [0.1, 0.15) is 34.5 Å². The van der Waals surface area contributed by atoms with Crippen LogP contribution in [-0.2, 0) is 0 Å². The summed E-state index contributed by atoms with van der Waals surface area (Å²) >= 11 is 0. The zero-order valence-electron chi connectivity index (χ0n) is 11.9. The van der Waals surface area contributed by atoms with Gasteiger partial charge < -0.3 is 4.90 Å².